The molecule has 0 saturated carbocycles. The van der Waals surface area contributed by atoms with E-state index in [9.17, 15) is 0 Å². The van der Waals surface area contributed by atoms with Crippen LogP contribution in [0, 0.1) is 0 Å². The molecule has 220 valence electrons. The molecule has 0 spiro atoms. The normalized spacial score (nSPS) is 12.2. The fourth-order valence-corrected chi connectivity index (χ4v) is 33.7. The van der Waals surface area contributed by atoms with E-state index in [-0.39, 0.29) is 0 Å². The summed E-state index contributed by atoms with van der Waals surface area (Å²) in [7, 11) is -7.12. The van der Waals surface area contributed by atoms with Crippen molar-refractivity contribution in [1.29, 1.82) is 0 Å². The van der Waals surface area contributed by atoms with Crippen molar-refractivity contribution in [3.05, 3.63) is 182 Å². The van der Waals surface area contributed by atoms with Gasteiger partial charge in [0.2, 0.25) is 0 Å². The van der Waals surface area contributed by atoms with Crippen LogP contribution in [0.25, 0.3) is 0 Å². The third kappa shape index (κ3) is 6.48. The van der Waals surface area contributed by atoms with Crippen LogP contribution >= 0.6 is 43.4 Å². The molecule has 0 aliphatic heterocycles. The topological polar surface area (TPSA) is 34.1 Å². The van der Waals surface area contributed by atoms with Crippen molar-refractivity contribution in [2.75, 3.05) is 0 Å². The van der Waals surface area contributed by atoms with Gasteiger partial charge in [-0.2, -0.15) is 0 Å². The molecule has 0 heterocycles. The van der Waals surface area contributed by atoms with Gasteiger partial charge in [-0.25, -0.2) is 0 Å². The van der Waals surface area contributed by atoms with E-state index in [1.54, 1.807) is 22.8 Å². The summed E-state index contributed by atoms with van der Waals surface area (Å²) in [5.41, 5.74) is 0. The second-order valence-corrected chi connectivity index (χ2v) is 25.8. The Morgan fingerprint density at radius 3 is 0.841 bits per heavy atom. The Labute approximate surface area is 269 Å². The Balaban J connectivity index is 1.71. The first-order chi connectivity index (χ1) is 21.6. The zero-order valence-electron chi connectivity index (χ0n) is 24.0. The molecule has 6 aromatic carbocycles. The molecular formula is C37H33O2P3S2. The van der Waals surface area contributed by atoms with Gasteiger partial charge < -0.3 is 0 Å². The van der Waals surface area contributed by atoms with Gasteiger partial charge in [-0.15, -0.1) is 0 Å². The van der Waals surface area contributed by atoms with E-state index in [0.29, 0.717) is 0 Å². The molecule has 0 atom stereocenters. The molecular weight excluding hydrogens is 633 g/mol. The summed E-state index contributed by atoms with van der Waals surface area (Å²) >= 11 is 3.56. The molecule has 0 fully saturated rings. The van der Waals surface area contributed by atoms with Crippen LogP contribution in [0.3, 0.4) is 0 Å². The van der Waals surface area contributed by atoms with Crippen molar-refractivity contribution >= 4 is 64.6 Å². The first-order valence-electron chi connectivity index (χ1n) is 14.5. The minimum atomic E-state index is -3.56. The van der Waals surface area contributed by atoms with Crippen LogP contribution in [0.4, 0.5) is 0 Å². The van der Waals surface area contributed by atoms with Crippen LogP contribution < -0.4 is 21.2 Å². The Morgan fingerprint density at radius 1 is 0.364 bits per heavy atom. The van der Waals surface area contributed by atoms with Gasteiger partial charge in [0.25, 0.3) is 0 Å². The molecule has 7 heteroatoms. The minimum absolute atomic E-state index is 0.653. The van der Waals surface area contributed by atoms with E-state index < -0.39 is 25.8 Å². The molecule has 6 rings (SSSR count). The summed E-state index contributed by atoms with van der Waals surface area (Å²) in [4.78, 5) is 2.19. The molecule has 6 aromatic rings. The summed E-state index contributed by atoms with van der Waals surface area (Å²) in [5, 5.41) is 2.30. The first-order valence-corrected chi connectivity index (χ1v) is 23.3. The van der Waals surface area contributed by atoms with E-state index in [4.69, 9.17) is 0 Å². The number of hydrogen-bond donors (Lipinski definition) is 0. The molecule has 44 heavy (non-hydrogen) atoms. The molecule has 0 N–H and O–H groups in total. The number of rotatable bonds is 11. The fraction of sp³-hybridized carbons (Fsp3) is 0.0270. The second-order valence-electron chi connectivity index (χ2n) is 10.3. The van der Waals surface area contributed by atoms with Crippen molar-refractivity contribution in [1.82, 2.24) is 0 Å². The molecule has 0 saturated heterocycles. The van der Waals surface area contributed by atoms with Gasteiger partial charge >= 0.3 is 271 Å². The van der Waals surface area contributed by atoms with E-state index in [1.807, 2.05) is 158 Å². The summed E-state index contributed by atoms with van der Waals surface area (Å²) in [5.74, 6) is 0. The van der Waals surface area contributed by atoms with Crippen LogP contribution in [0.1, 0.15) is 0 Å². The fourth-order valence-electron chi connectivity index (χ4n) is 5.49. The third-order valence-corrected chi connectivity index (χ3v) is 30.4. The van der Waals surface area contributed by atoms with Gasteiger partial charge in [0, 0.05) is 0 Å². The molecule has 0 radical (unpaired) electrons. The van der Waals surface area contributed by atoms with Crippen molar-refractivity contribution < 1.29 is 9.13 Å². The predicted octanol–water partition coefficient (Wildman–Crippen LogP) is 9.66. The molecule has 0 bridgehead atoms. The quantitative estimate of drug-likeness (QED) is 0.129. The van der Waals surface area contributed by atoms with Crippen LogP contribution in [0.5, 0.6) is 0 Å². The van der Waals surface area contributed by atoms with Gasteiger partial charge in [-0.3, -0.25) is 0 Å². The Bertz CT molecular complexity index is 1630. The van der Waals surface area contributed by atoms with E-state index in [0.717, 1.165) is 31.0 Å². The second kappa shape index (κ2) is 14.3. The van der Waals surface area contributed by atoms with E-state index in [2.05, 4.69) is 24.3 Å². The number of hydrogen-bond acceptors (Lipinski definition) is 4. The summed E-state index contributed by atoms with van der Waals surface area (Å²) in [6, 6.07) is 59.7. The predicted molar refractivity (Wildman–Crippen MR) is 198 cm³/mol. The van der Waals surface area contributed by atoms with Crippen molar-refractivity contribution in [2.24, 2.45) is 0 Å². The summed E-state index contributed by atoms with van der Waals surface area (Å²) in [6.07, 6.45) is -2.42. The van der Waals surface area contributed by atoms with Crippen LogP contribution in [-0.2, 0) is 9.13 Å². The van der Waals surface area contributed by atoms with Gasteiger partial charge in [-0.1, -0.05) is 0 Å². The van der Waals surface area contributed by atoms with E-state index >= 15 is 9.13 Å². The van der Waals surface area contributed by atoms with Crippen LogP contribution in [0.15, 0.2) is 192 Å². The molecule has 0 unspecified atom stereocenters. The monoisotopic (exact) mass is 666 g/mol. The SMILES string of the molecule is O=P(c1ccccc1)(c1ccccc1)C([PH2](Sc1ccccc1)Sc1ccccc1)P(=O)(c1ccccc1)c1ccccc1. The molecule has 0 aromatic heterocycles. The van der Waals surface area contributed by atoms with Gasteiger partial charge in [0.05, 0.1) is 0 Å². The van der Waals surface area contributed by atoms with Crippen molar-refractivity contribution in [3.63, 3.8) is 0 Å². The Kier molecular flexibility index (Phi) is 10.1. The first kappa shape index (κ1) is 30.9. The molecule has 0 amide bonds. The van der Waals surface area contributed by atoms with Gasteiger partial charge in [0.15, 0.2) is 0 Å². The van der Waals surface area contributed by atoms with Crippen LogP contribution in [-0.4, -0.2) is 5.14 Å². The van der Waals surface area contributed by atoms with Crippen molar-refractivity contribution in [3.8, 4) is 0 Å². The number of benzene rings is 6. The molecule has 0 aliphatic rings. The summed E-state index contributed by atoms with van der Waals surface area (Å²) in [6.45, 7) is 0. The van der Waals surface area contributed by atoms with E-state index in [1.165, 1.54) is 0 Å². The van der Waals surface area contributed by atoms with Gasteiger partial charge in [-0.05, 0) is 0 Å². The molecule has 2 nitrogen and oxygen atoms in total. The summed E-state index contributed by atoms with van der Waals surface area (Å²) < 4.78 is 33.1. The van der Waals surface area contributed by atoms with Crippen LogP contribution in [0.2, 0.25) is 0 Å². The maximum atomic E-state index is 16.6. The van der Waals surface area contributed by atoms with Gasteiger partial charge in [0.1, 0.15) is 0 Å². The average molecular weight is 667 g/mol. The molecule has 0 aliphatic carbocycles. The maximum absolute atomic E-state index is 16.6. The Morgan fingerprint density at radius 2 is 0.591 bits per heavy atom. The third-order valence-electron chi connectivity index (χ3n) is 7.54. The zero-order chi connectivity index (χ0) is 30.2. The Hall–Kier alpha value is -3.09. The standard InChI is InChI=1S/C37H33O2P3S2/c38-41(31-19-7-1-8-20-31,32-21-9-2-10-22-32)37(42(39,33-23-11-3-12-24-33)34-25-13-4-14-26-34)40(43-35-27-15-5-16-28-35)44-36-29-17-6-18-30-36/h1-30,37H,40H2. The van der Waals surface area contributed by atoms with Crippen molar-refractivity contribution in [2.45, 2.75) is 14.9 Å². The zero-order valence-corrected chi connectivity index (χ0v) is 28.6. The average Bonchev–Trinajstić information content (AvgIpc) is 3.10.